The van der Waals surface area contributed by atoms with Crippen LogP contribution in [0.3, 0.4) is 0 Å². The normalized spacial score (nSPS) is 17.8. The van der Waals surface area contributed by atoms with E-state index < -0.39 is 0 Å². The van der Waals surface area contributed by atoms with Crippen molar-refractivity contribution in [1.82, 2.24) is 5.32 Å². The van der Waals surface area contributed by atoms with Gasteiger partial charge in [-0.05, 0) is 25.0 Å². The number of benzene rings is 1. The third-order valence-corrected chi connectivity index (χ3v) is 3.59. The molecular formula is C14H17BrN2O3. The molecule has 1 heterocycles. The van der Waals surface area contributed by atoms with E-state index in [4.69, 9.17) is 4.74 Å². The zero-order valence-electron chi connectivity index (χ0n) is 11.0. The molecule has 1 aliphatic heterocycles. The van der Waals surface area contributed by atoms with Gasteiger partial charge in [0.15, 0.2) is 0 Å². The number of alkyl halides is 1. The van der Waals surface area contributed by atoms with E-state index in [0.717, 1.165) is 19.4 Å². The quantitative estimate of drug-likeness (QED) is 0.805. The second-order valence-corrected chi connectivity index (χ2v) is 5.13. The molecule has 6 heteroatoms. The Bertz CT molecular complexity index is 487. The van der Waals surface area contributed by atoms with Gasteiger partial charge in [0.2, 0.25) is 5.91 Å². The maximum Gasteiger partial charge on any atom is 0.253 e. The van der Waals surface area contributed by atoms with E-state index >= 15 is 0 Å². The lowest BCUT2D eigenvalue weighted by molar-refractivity contribution is -0.113. The first-order chi connectivity index (χ1) is 9.70. The van der Waals surface area contributed by atoms with Gasteiger partial charge in [-0.25, -0.2) is 0 Å². The summed E-state index contributed by atoms with van der Waals surface area (Å²) in [6, 6.07) is 6.95. The molecule has 2 amide bonds. The van der Waals surface area contributed by atoms with Gasteiger partial charge < -0.3 is 15.4 Å². The zero-order valence-corrected chi connectivity index (χ0v) is 12.6. The molecule has 5 nitrogen and oxygen atoms in total. The first-order valence-corrected chi connectivity index (χ1v) is 7.67. The molecule has 0 aliphatic carbocycles. The molecule has 0 saturated carbocycles. The first kappa shape index (κ1) is 15.0. The van der Waals surface area contributed by atoms with Gasteiger partial charge in [-0.15, -0.1) is 0 Å². The first-order valence-electron chi connectivity index (χ1n) is 6.55. The molecule has 1 fully saturated rings. The predicted molar refractivity (Wildman–Crippen MR) is 80.2 cm³/mol. The van der Waals surface area contributed by atoms with Crippen LogP contribution in [-0.2, 0) is 9.53 Å². The fourth-order valence-electron chi connectivity index (χ4n) is 2.08. The van der Waals surface area contributed by atoms with Crippen LogP contribution >= 0.6 is 15.9 Å². The third-order valence-electron chi connectivity index (χ3n) is 3.08. The summed E-state index contributed by atoms with van der Waals surface area (Å²) >= 11 is 3.08. The van der Waals surface area contributed by atoms with Crippen molar-refractivity contribution >= 4 is 33.4 Å². The van der Waals surface area contributed by atoms with Gasteiger partial charge in [-0.1, -0.05) is 28.1 Å². The van der Waals surface area contributed by atoms with Crippen molar-refractivity contribution in [2.24, 2.45) is 0 Å². The van der Waals surface area contributed by atoms with E-state index in [1.165, 1.54) is 0 Å². The number of hydrogen-bond donors (Lipinski definition) is 2. The minimum atomic E-state index is -0.203. The standard InChI is InChI=1S/C14H17BrN2O3/c15-8-13(18)17-12-6-2-1-5-11(12)14(19)16-9-10-4-3-7-20-10/h1-2,5-6,10H,3-4,7-9H2,(H,16,19)(H,17,18). The van der Waals surface area contributed by atoms with Crippen molar-refractivity contribution in [2.75, 3.05) is 23.8 Å². The Labute approximate surface area is 126 Å². The molecule has 1 unspecified atom stereocenters. The summed E-state index contributed by atoms with van der Waals surface area (Å²) < 4.78 is 5.46. The summed E-state index contributed by atoms with van der Waals surface area (Å²) in [7, 11) is 0. The average Bonchev–Trinajstić information content (AvgIpc) is 2.98. The van der Waals surface area contributed by atoms with Crippen LogP contribution in [0.1, 0.15) is 23.2 Å². The molecule has 0 bridgehead atoms. The Kier molecular flexibility index (Phi) is 5.55. The number of rotatable bonds is 5. The zero-order chi connectivity index (χ0) is 14.4. The summed E-state index contributed by atoms with van der Waals surface area (Å²) in [6.45, 7) is 1.26. The third kappa shape index (κ3) is 4.05. The number of amides is 2. The van der Waals surface area contributed by atoms with Gasteiger partial charge >= 0.3 is 0 Å². The Hall–Kier alpha value is -1.40. The SMILES string of the molecule is O=C(CBr)Nc1ccccc1C(=O)NCC1CCCO1. The van der Waals surface area contributed by atoms with Crippen molar-refractivity contribution < 1.29 is 14.3 Å². The van der Waals surface area contributed by atoms with Crippen LogP contribution < -0.4 is 10.6 Å². The van der Waals surface area contributed by atoms with Gasteiger partial charge in [0.05, 0.1) is 22.7 Å². The van der Waals surface area contributed by atoms with E-state index in [1.807, 2.05) is 0 Å². The summed E-state index contributed by atoms with van der Waals surface area (Å²) in [4.78, 5) is 23.6. The van der Waals surface area contributed by atoms with Gasteiger partial charge in [0, 0.05) is 13.2 Å². The fraction of sp³-hybridized carbons (Fsp3) is 0.429. The second-order valence-electron chi connectivity index (χ2n) is 4.57. The van der Waals surface area contributed by atoms with Crippen molar-refractivity contribution in [2.45, 2.75) is 18.9 Å². The molecule has 1 aromatic carbocycles. The lowest BCUT2D eigenvalue weighted by atomic mass is 10.1. The highest BCUT2D eigenvalue weighted by molar-refractivity contribution is 9.09. The number of carbonyl (C=O) groups excluding carboxylic acids is 2. The summed E-state index contributed by atoms with van der Waals surface area (Å²) in [5, 5.41) is 5.73. The smallest absolute Gasteiger partial charge is 0.253 e. The number of anilines is 1. The molecule has 0 spiro atoms. The molecule has 0 radical (unpaired) electrons. The van der Waals surface area contributed by atoms with Gasteiger partial charge in [0.25, 0.3) is 5.91 Å². The molecule has 2 N–H and O–H groups in total. The predicted octanol–water partition coefficient (Wildman–Crippen LogP) is 1.93. The Morgan fingerprint density at radius 2 is 2.15 bits per heavy atom. The molecule has 1 aromatic rings. The minimum absolute atomic E-state index is 0.100. The van der Waals surface area contributed by atoms with Crippen molar-refractivity contribution in [1.29, 1.82) is 0 Å². The van der Waals surface area contributed by atoms with E-state index in [9.17, 15) is 9.59 Å². The minimum Gasteiger partial charge on any atom is -0.376 e. The van der Waals surface area contributed by atoms with Crippen LogP contribution in [-0.4, -0.2) is 36.4 Å². The lowest BCUT2D eigenvalue weighted by Gasteiger charge is -2.13. The molecule has 0 aromatic heterocycles. The maximum absolute atomic E-state index is 12.2. The highest BCUT2D eigenvalue weighted by Gasteiger charge is 2.18. The largest absolute Gasteiger partial charge is 0.376 e. The molecule has 108 valence electrons. The topological polar surface area (TPSA) is 67.4 Å². The number of carbonyl (C=O) groups is 2. The van der Waals surface area contributed by atoms with E-state index in [0.29, 0.717) is 17.8 Å². The molecule has 1 saturated heterocycles. The second kappa shape index (κ2) is 7.40. The van der Waals surface area contributed by atoms with Crippen molar-refractivity contribution in [3.8, 4) is 0 Å². The van der Waals surface area contributed by atoms with Gasteiger partial charge in [-0.2, -0.15) is 0 Å². The summed E-state index contributed by atoms with van der Waals surface area (Å²) in [5.74, 6) is -0.393. The van der Waals surface area contributed by atoms with Gasteiger partial charge in [-0.3, -0.25) is 9.59 Å². The number of para-hydroxylation sites is 1. The molecule has 20 heavy (non-hydrogen) atoms. The average molecular weight is 341 g/mol. The fourth-order valence-corrected chi connectivity index (χ4v) is 2.22. The molecule has 1 aliphatic rings. The maximum atomic E-state index is 12.2. The van der Waals surface area contributed by atoms with Crippen molar-refractivity contribution in [3.63, 3.8) is 0 Å². The van der Waals surface area contributed by atoms with Crippen LogP contribution in [0.4, 0.5) is 5.69 Å². The van der Waals surface area contributed by atoms with Crippen molar-refractivity contribution in [3.05, 3.63) is 29.8 Å². The van der Waals surface area contributed by atoms with E-state index in [-0.39, 0.29) is 23.2 Å². The van der Waals surface area contributed by atoms with E-state index in [1.54, 1.807) is 24.3 Å². The highest BCUT2D eigenvalue weighted by atomic mass is 79.9. The van der Waals surface area contributed by atoms with Crippen LogP contribution in [0, 0.1) is 0 Å². The molecule has 2 rings (SSSR count). The monoisotopic (exact) mass is 340 g/mol. The molecular weight excluding hydrogens is 324 g/mol. The van der Waals surface area contributed by atoms with Crippen LogP contribution in [0.25, 0.3) is 0 Å². The van der Waals surface area contributed by atoms with Crippen LogP contribution in [0.2, 0.25) is 0 Å². The number of ether oxygens (including phenoxy) is 1. The summed E-state index contributed by atoms with van der Waals surface area (Å²) in [5.41, 5.74) is 0.974. The Morgan fingerprint density at radius 3 is 2.85 bits per heavy atom. The Balaban J connectivity index is 1.99. The van der Waals surface area contributed by atoms with Crippen LogP contribution in [0.5, 0.6) is 0 Å². The number of halogens is 1. The Morgan fingerprint density at radius 1 is 1.35 bits per heavy atom. The summed E-state index contributed by atoms with van der Waals surface area (Å²) in [6.07, 6.45) is 2.11. The van der Waals surface area contributed by atoms with E-state index in [2.05, 4.69) is 26.6 Å². The number of hydrogen-bond acceptors (Lipinski definition) is 3. The van der Waals surface area contributed by atoms with Crippen LogP contribution in [0.15, 0.2) is 24.3 Å². The number of nitrogens with one attached hydrogen (secondary N) is 2. The highest BCUT2D eigenvalue weighted by Crippen LogP contribution is 2.16. The molecule has 1 atom stereocenters. The van der Waals surface area contributed by atoms with Gasteiger partial charge in [0.1, 0.15) is 0 Å². The lowest BCUT2D eigenvalue weighted by Crippen LogP contribution is -2.32.